The van der Waals surface area contributed by atoms with Crippen LogP contribution in [0.15, 0.2) is 133 Å². The third-order valence-electron chi connectivity index (χ3n) is 8.61. The zero-order valence-electron chi connectivity index (χ0n) is 23.8. The molecule has 2 aliphatic rings. The van der Waals surface area contributed by atoms with Gasteiger partial charge in [0.25, 0.3) is 0 Å². The molecule has 0 aromatic heterocycles. The maximum Gasteiger partial charge on any atom is 0.240 e. The molecule has 2 heterocycles. The number of anilines is 3. The fourth-order valence-electron chi connectivity index (χ4n) is 6.64. The van der Waals surface area contributed by atoms with Gasteiger partial charge < -0.3 is 9.80 Å². The molecule has 0 radical (unpaired) electrons. The molecule has 5 aromatic carbocycles. The largest absolute Gasteiger partial charge is 0.336 e. The number of carbonyl (C=O) groups excluding carboxylic acids is 1. The molecule has 0 bridgehead atoms. The lowest BCUT2D eigenvalue weighted by Gasteiger charge is -2.46. The van der Waals surface area contributed by atoms with Crippen LogP contribution in [-0.4, -0.2) is 16.6 Å². The molecular formula is C37H29Cl2N3OS. The summed E-state index contributed by atoms with van der Waals surface area (Å²) in [5.41, 5.74) is 5.07. The first kappa shape index (κ1) is 28.6. The second-order valence-electron chi connectivity index (χ2n) is 11.2. The van der Waals surface area contributed by atoms with E-state index in [1.54, 1.807) is 4.90 Å². The van der Waals surface area contributed by atoms with Crippen molar-refractivity contribution in [2.45, 2.75) is 25.2 Å². The average Bonchev–Trinajstić information content (AvgIpc) is 3.44. The van der Waals surface area contributed by atoms with Crippen molar-refractivity contribution in [3.8, 4) is 0 Å². The van der Waals surface area contributed by atoms with E-state index in [1.165, 1.54) is 0 Å². The van der Waals surface area contributed by atoms with Crippen molar-refractivity contribution in [2.75, 3.05) is 14.7 Å². The predicted molar refractivity (Wildman–Crippen MR) is 185 cm³/mol. The number of benzene rings is 5. The van der Waals surface area contributed by atoms with Gasteiger partial charge in [0, 0.05) is 28.8 Å². The fraction of sp³-hybridized carbons (Fsp3) is 0.135. The number of rotatable bonds is 7. The molecule has 1 spiro atoms. The summed E-state index contributed by atoms with van der Waals surface area (Å²) >= 11 is 19.1. The molecule has 44 heavy (non-hydrogen) atoms. The van der Waals surface area contributed by atoms with Crippen molar-refractivity contribution in [3.05, 3.63) is 160 Å². The molecule has 7 rings (SSSR count). The Hall–Kier alpha value is -4.16. The number of thiocarbonyl (C=S) groups is 1. The van der Waals surface area contributed by atoms with Crippen LogP contribution in [-0.2, 0) is 24.3 Å². The van der Waals surface area contributed by atoms with Gasteiger partial charge in [-0.05, 0) is 71.6 Å². The van der Waals surface area contributed by atoms with Gasteiger partial charge in [-0.3, -0.25) is 9.69 Å². The summed E-state index contributed by atoms with van der Waals surface area (Å²) in [4.78, 5) is 21.9. The number of carbonyl (C=O) groups is 1. The van der Waals surface area contributed by atoms with Crippen LogP contribution in [0.1, 0.15) is 16.7 Å². The third kappa shape index (κ3) is 4.86. The number of amides is 1. The second-order valence-corrected chi connectivity index (χ2v) is 12.5. The maximum atomic E-state index is 14.9. The Kier molecular flexibility index (Phi) is 7.63. The Morgan fingerprint density at radius 3 is 1.55 bits per heavy atom. The average molecular weight is 635 g/mol. The highest BCUT2D eigenvalue weighted by atomic mass is 35.5. The number of para-hydroxylation sites is 3. The first-order valence-corrected chi connectivity index (χ1v) is 15.7. The number of hydrogen-bond donors (Lipinski definition) is 0. The lowest BCUT2D eigenvalue weighted by atomic mass is 9.86. The van der Waals surface area contributed by atoms with Crippen LogP contribution in [0.25, 0.3) is 0 Å². The molecule has 0 saturated carbocycles. The van der Waals surface area contributed by atoms with E-state index >= 15 is 0 Å². The normalized spacial score (nSPS) is 17.0. The highest BCUT2D eigenvalue weighted by Gasteiger charge is 2.66. The smallest absolute Gasteiger partial charge is 0.240 e. The molecule has 1 saturated heterocycles. The van der Waals surface area contributed by atoms with E-state index in [4.69, 9.17) is 35.4 Å². The third-order valence-corrected chi connectivity index (χ3v) is 9.60. The molecule has 4 nitrogen and oxygen atoms in total. The minimum Gasteiger partial charge on any atom is -0.336 e. The SMILES string of the molecule is O=C1C(Cc2ccccc2)C2(C(=S)N1c1ccccc1)N(Cc1ccc(Cl)cc1)c1ccccc1N2Cc1ccc(Cl)cc1. The molecule has 218 valence electrons. The summed E-state index contributed by atoms with van der Waals surface area (Å²) in [6.07, 6.45) is 0.519. The molecule has 1 fully saturated rings. The molecule has 1 atom stereocenters. The molecular weight excluding hydrogens is 605 g/mol. The van der Waals surface area contributed by atoms with Crippen molar-refractivity contribution < 1.29 is 4.79 Å². The van der Waals surface area contributed by atoms with Crippen LogP contribution in [0.4, 0.5) is 17.1 Å². The molecule has 0 aliphatic carbocycles. The lowest BCUT2D eigenvalue weighted by Crippen LogP contribution is -2.65. The summed E-state index contributed by atoms with van der Waals surface area (Å²) in [6.45, 7) is 1.07. The van der Waals surface area contributed by atoms with Gasteiger partial charge in [0.15, 0.2) is 5.66 Å². The molecule has 2 aliphatic heterocycles. The van der Waals surface area contributed by atoms with Crippen LogP contribution in [0.3, 0.4) is 0 Å². The molecule has 7 heteroatoms. The molecule has 1 amide bonds. The van der Waals surface area contributed by atoms with E-state index in [9.17, 15) is 4.79 Å². The Bertz CT molecular complexity index is 1740. The Morgan fingerprint density at radius 2 is 1.05 bits per heavy atom. The molecule has 0 N–H and O–H groups in total. The topological polar surface area (TPSA) is 26.8 Å². The van der Waals surface area contributed by atoms with Gasteiger partial charge in [0.1, 0.15) is 4.99 Å². The Labute approximate surface area is 273 Å². The predicted octanol–water partition coefficient (Wildman–Crippen LogP) is 8.95. The van der Waals surface area contributed by atoms with Crippen LogP contribution in [0.2, 0.25) is 10.0 Å². The van der Waals surface area contributed by atoms with Gasteiger partial charge in [0.05, 0.1) is 17.3 Å². The highest BCUT2D eigenvalue weighted by Crippen LogP contribution is 2.55. The molecule has 1 unspecified atom stereocenters. The number of nitrogens with zero attached hydrogens (tertiary/aromatic N) is 3. The number of hydrogen-bond acceptors (Lipinski definition) is 4. The van der Waals surface area contributed by atoms with E-state index in [0.29, 0.717) is 34.5 Å². The first-order chi connectivity index (χ1) is 21.5. The second kappa shape index (κ2) is 11.7. The van der Waals surface area contributed by atoms with Crippen molar-refractivity contribution >= 4 is 63.4 Å². The van der Waals surface area contributed by atoms with E-state index in [1.807, 2.05) is 109 Å². The Balaban J connectivity index is 1.47. The summed E-state index contributed by atoms with van der Waals surface area (Å²) in [6, 6.07) is 44.2. The van der Waals surface area contributed by atoms with Gasteiger partial charge in [-0.25, -0.2) is 0 Å². The summed E-state index contributed by atoms with van der Waals surface area (Å²) < 4.78 is 0. The van der Waals surface area contributed by atoms with Crippen molar-refractivity contribution in [1.29, 1.82) is 0 Å². The van der Waals surface area contributed by atoms with Gasteiger partial charge in [0.2, 0.25) is 5.91 Å². The van der Waals surface area contributed by atoms with Crippen LogP contribution in [0, 0.1) is 5.92 Å². The standard InChI is InChI=1S/C37H29Cl2N3OS/c38-29-19-15-27(16-20-29)24-40-33-13-7-8-14-34(33)41(25-28-17-21-30(39)22-18-28)37(40)32(23-26-9-3-1-4-10-26)35(43)42(36(37)44)31-11-5-2-6-12-31/h1-22,32H,23-25H2. The lowest BCUT2D eigenvalue weighted by molar-refractivity contribution is -0.121. The first-order valence-electron chi connectivity index (χ1n) is 14.6. The van der Waals surface area contributed by atoms with E-state index in [0.717, 1.165) is 33.8 Å². The monoisotopic (exact) mass is 633 g/mol. The Morgan fingerprint density at radius 1 is 0.591 bits per heavy atom. The van der Waals surface area contributed by atoms with Gasteiger partial charge in [-0.1, -0.05) is 120 Å². The number of halogens is 2. The van der Waals surface area contributed by atoms with Crippen LogP contribution < -0.4 is 14.7 Å². The molecule has 5 aromatic rings. The zero-order valence-corrected chi connectivity index (χ0v) is 26.1. The number of fused-ring (bicyclic) bond motifs is 1. The van der Waals surface area contributed by atoms with Crippen molar-refractivity contribution in [3.63, 3.8) is 0 Å². The van der Waals surface area contributed by atoms with E-state index in [2.05, 4.69) is 34.1 Å². The summed E-state index contributed by atoms with van der Waals surface area (Å²) in [7, 11) is 0. The summed E-state index contributed by atoms with van der Waals surface area (Å²) in [5.74, 6) is -0.523. The van der Waals surface area contributed by atoms with Crippen molar-refractivity contribution in [2.24, 2.45) is 5.92 Å². The quantitative estimate of drug-likeness (QED) is 0.167. The fourth-order valence-corrected chi connectivity index (χ4v) is 7.45. The van der Waals surface area contributed by atoms with Crippen molar-refractivity contribution in [1.82, 2.24) is 0 Å². The van der Waals surface area contributed by atoms with E-state index < -0.39 is 11.6 Å². The minimum atomic E-state index is -0.985. The van der Waals surface area contributed by atoms with E-state index in [-0.39, 0.29) is 5.91 Å². The minimum absolute atomic E-state index is 0.0138. The van der Waals surface area contributed by atoms with Gasteiger partial charge in [-0.2, -0.15) is 0 Å². The summed E-state index contributed by atoms with van der Waals surface area (Å²) in [5, 5.41) is 1.36. The zero-order chi connectivity index (χ0) is 30.3. The van der Waals surface area contributed by atoms with Crippen LogP contribution >= 0.6 is 35.4 Å². The van der Waals surface area contributed by atoms with Crippen LogP contribution in [0.5, 0.6) is 0 Å². The highest BCUT2D eigenvalue weighted by molar-refractivity contribution is 7.81. The van der Waals surface area contributed by atoms with Gasteiger partial charge in [-0.15, -0.1) is 0 Å². The maximum absolute atomic E-state index is 14.9. The van der Waals surface area contributed by atoms with Gasteiger partial charge >= 0.3 is 0 Å².